The highest BCUT2D eigenvalue weighted by Crippen LogP contribution is 2.63. The zero-order chi connectivity index (χ0) is 13.3. The van der Waals surface area contributed by atoms with Crippen molar-refractivity contribution in [1.29, 1.82) is 0 Å². The minimum Gasteiger partial charge on any atom is -0.348 e. The summed E-state index contributed by atoms with van der Waals surface area (Å²) in [6, 6.07) is 3.57. The highest BCUT2D eigenvalue weighted by Gasteiger charge is 2.73. The molecule has 0 atom stereocenters. The quantitative estimate of drug-likeness (QED) is 0.589. The second-order valence-corrected chi connectivity index (χ2v) is 6.09. The molecule has 0 radical (unpaired) electrons. The topological polar surface area (TPSA) is 68.7 Å². The molecule has 6 heteroatoms. The second-order valence-electron chi connectivity index (χ2n) is 6.09. The van der Waals surface area contributed by atoms with Crippen molar-refractivity contribution >= 4 is 11.7 Å². The summed E-state index contributed by atoms with van der Waals surface area (Å²) in [4.78, 5) is 20.5. The molecule has 1 aromatic rings. The van der Waals surface area contributed by atoms with E-state index in [-0.39, 0.29) is 5.54 Å². The van der Waals surface area contributed by atoms with Crippen LogP contribution < -0.4 is 10.4 Å². The monoisotopic (exact) mass is 260 g/mol. The van der Waals surface area contributed by atoms with Gasteiger partial charge >= 0.3 is 0 Å². The number of amides is 1. The van der Waals surface area contributed by atoms with E-state index in [1.165, 1.54) is 19.0 Å². The molecule has 5 heterocycles. The fraction of sp³-hybridized carbons (Fsp3) is 0.538. The minimum atomic E-state index is -0.525. The molecule has 1 saturated carbocycles. The predicted octanol–water partition coefficient (Wildman–Crippen LogP) is 0.237. The number of hydrogen-bond acceptors (Lipinski definition) is 5. The smallest absolute Gasteiger partial charge is 0.276 e. The first-order valence-electron chi connectivity index (χ1n) is 6.48. The lowest BCUT2D eigenvalue weighted by atomic mass is 9.73. The zero-order valence-corrected chi connectivity index (χ0v) is 10.8. The molecular formula is C13H16N4O2. The maximum Gasteiger partial charge on any atom is 0.276 e. The summed E-state index contributed by atoms with van der Waals surface area (Å²) in [5.41, 5.74) is 2.62. The third-order valence-electron chi connectivity index (χ3n) is 5.07. The van der Waals surface area contributed by atoms with Crippen LogP contribution in [-0.2, 0) is 0 Å². The summed E-state index contributed by atoms with van der Waals surface area (Å²) in [7, 11) is 2.20. The largest absolute Gasteiger partial charge is 0.348 e. The van der Waals surface area contributed by atoms with Crippen molar-refractivity contribution in [3.05, 3.63) is 23.9 Å². The number of nitrogens with one attached hydrogen (secondary N) is 1. The molecule has 4 saturated heterocycles. The summed E-state index contributed by atoms with van der Waals surface area (Å²) in [6.07, 6.45) is 3.98. The van der Waals surface area contributed by atoms with Gasteiger partial charge < -0.3 is 4.90 Å². The highest BCUT2D eigenvalue weighted by atomic mass is 16.5. The Labute approximate surface area is 111 Å². The highest BCUT2D eigenvalue weighted by molar-refractivity contribution is 5.93. The summed E-state index contributed by atoms with van der Waals surface area (Å²) in [5.74, 6) is 0.407. The van der Waals surface area contributed by atoms with E-state index in [9.17, 15) is 4.79 Å². The molecule has 6 nitrogen and oxygen atoms in total. The molecule has 1 aromatic heterocycles. The fourth-order valence-corrected chi connectivity index (χ4v) is 4.20. The van der Waals surface area contributed by atoms with Crippen LogP contribution in [0.25, 0.3) is 0 Å². The number of anilines is 1. The van der Waals surface area contributed by atoms with E-state index in [0.29, 0.717) is 11.1 Å². The number of hydrogen-bond donors (Lipinski definition) is 2. The molecule has 2 bridgehead atoms. The number of pyridine rings is 1. The summed E-state index contributed by atoms with van der Waals surface area (Å²) in [5, 5.41) is 8.59. The number of fused-ring (bicyclic) bond motifs is 2. The molecule has 100 valence electrons. The summed E-state index contributed by atoms with van der Waals surface area (Å²) in [6.45, 7) is 2.13. The predicted molar refractivity (Wildman–Crippen MR) is 68.2 cm³/mol. The third-order valence-corrected chi connectivity index (χ3v) is 5.07. The number of carbonyl (C=O) groups excluding carboxylic acids is 1. The molecule has 4 aliphatic heterocycles. The van der Waals surface area contributed by atoms with Gasteiger partial charge in [0, 0.05) is 24.8 Å². The van der Waals surface area contributed by atoms with E-state index >= 15 is 0 Å². The van der Waals surface area contributed by atoms with Gasteiger partial charge in [-0.25, -0.2) is 10.5 Å². The van der Waals surface area contributed by atoms with Gasteiger partial charge in [0.1, 0.15) is 5.82 Å². The molecule has 6 rings (SSSR count). The maximum absolute atomic E-state index is 11.3. The minimum absolute atomic E-state index is 0.266. The Bertz CT molecular complexity index is 545. The van der Waals surface area contributed by atoms with Crippen LogP contribution in [0.15, 0.2) is 18.3 Å². The van der Waals surface area contributed by atoms with Crippen LogP contribution in [0.1, 0.15) is 23.2 Å². The first kappa shape index (κ1) is 11.2. The van der Waals surface area contributed by atoms with Crippen LogP contribution >= 0.6 is 0 Å². The Morgan fingerprint density at radius 1 is 1.37 bits per heavy atom. The molecule has 1 aliphatic carbocycles. The standard InChI is InChI=1S/C13H16N4O2/c1-16-7-13-5-12(16,6-13)8-17(13)10-3-2-9(4-14-10)11(18)15-19/h2-4,19H,5-8H2,1H3,(H,15,18). The van der Waals surface area contributed by atoms with Gasteiger partial charge in [-0.2, -0.15) is 0 Å². The summed E-state index contributed by atoms with van der Waals surface area (Å²) >= 11 is 0. The van der Waals surface area contributed by atoms with Gasteiger partial charge in [0.25, 0.3) is 5.91 Å². The van der Waals surface area contributed by atoms with E-state index in [2.05, 4.69) is 21.8 Å². The van der Waals surface area contributed by atoms with E-state index in [0.717, 1.165) is 18.9 Å². The Balaban J connectivity index is 1.61. The van der Waals surface area contributed by atoms with Crippen LogP contribution in [-0.4, -0.2) is 52.2 Å². The van der Waals surface area contributed by atoms with Gasteiger partial charge in [-0.3, -0.25) is 14.9 Å². The molecule has 1 amide bonds. The number of likely N-dealkylation sites (N-methyl/N-ethyl adjacent to an activating group) is 1. The lowest BCUT2D eigenvalue weighted by Crippen LogP contribution is -2.46. The first-order valence-corrected chi connectivity index (χ1v) is 6.48. The van der Waals surface area contributed by atoms with Crippen LogP contribution in [0.3, 0.4) is 0 Å². The molecule has 5 aliphatic rings. The number of carbonyl (C=O) groups is 1. The van der Waals surface area contributed by atoms with E-state index in [1.807, 2.05) is 6.07 Å². The number of aromatic nitrogens is 1. The van der Waals surface area contributed by atoms with Crippen molar-refractivity contribution in [3.63, 3.8) is 0 Å². The Morgan fingerprint density at radius 3 is 2.63 bits per heavy atom. The molecule has 0 aromatic carbocycles. The lowest BCUT2D eigenvalue weighted by Gasteiger charge is -2.37. The van der Waals surface area contributed by atoms with Gasteiger partial charge in [0.15, 0.2) is 0 Å². The van der Waals surface area contributed by atoms with Crippen molar-refractivity contribution < 1.29 is 10.0 Å². The molecule has 0 unspecified atom stereocenters. The third kappa shape index (κ3) is 1.23. The number of nitrogens with zero attached hydrogens (tertiary/aromatic N) is 3. The first-order chi connectivity index (χ1) is 9.08. The maximum atomic E-state index is 11.3. The normalized spacial score (nSPS) is 35.4. The molecule has 0 spiro atoms. The molecule has 5 fully saturated rings. The van der Waals surface area contributed by atoms with Gasteiger partial charge in [-0.15, -0.1) is 0 Å². The molecule has 19 heavy (non-hydrogen) atoms. The van der Waals surface area contributed by atoms with Crippen LogP contribution in [0.5, 0.6) is 0 Å². The summed E-state index contributed by atoms with van der Waals surface area (Å²) < 4.78 is 0. The van der Waals surface area contributed by atoms with Crippen molar-refractivity contribution in [3.8, 4) is 0 Å². The van der Waals surface area contributed by atoms with Crippen molar-refractivity contribution in [2.24, 2.45) is 0 Å². The Hall–Kier alpha value is -1.66. The van der Waals surface area contributed by atoms with E-state index in [1.54, 1.807) is 11.5 Å². The lowest BCUT2D eigenvalue weighted by molar-refractivity contribution is 0.0706. The Morgan fingerprint density at radius 2 is 2.16 bits per heavy atom. The van der Waals surface area contributed by atoms with Gasteiger partial charge in [-0.1, -0.05) is 0 Å². The fourth-order valence-electron chi connectivity index (χ4n) is 4.20. The average molecular weight is 260 g/mol. The zero-order valence-electron chi connectivity index (χ0n) is 10.8. The second kappa shape index (κ2) is 3.26. The van der Waals surface area contributed by atoms with Gasteiger partial charge in [-0.05, 0) is 32.0 Å². The SMILES string of the molecule is CN1CC23CC1(CN2c1ccc(C(=O)NO)cn1)C3. The number of hydroxylamine groups is 1. The van der Waals surface area contributed by atoms with E-state index < -0.39 is 5.91 Å². The van der Waals surface area contributed by atoms with Crippen molar-refractivity contribution in [2.45, 2.75) is 23.9 Å². The van der Waals surface area contributed by atoms with Crippen molar-refractivity contribution in [2.75, 3.05) is 25.0 Å². The molecular weight excluding hydrogens is 244 g/mol. The number of rotatable bonds is 2. The molecule has 2 N–H and O–H groups in total. The van der Waals surface area contributed by atoms with Crippen LogP contribution in [0.4, 0.5) is 5.82 Å². The van der Waals surface area contributed by atoms with E-state index in [4.69, 9.17) is 5.21 Å². The van der Waals surface area contributed by atoms with Gasteiger partial charge in [0.05, 0.1) is 11.1 Å². The van der Waals surface area contributed by atoms with Gasteiger partial charge in [0.2, 0.25) is 0 Å². The van der Waals surface area contributed by atoms with Crippen LogP contribution in [0.2, 0.25) is 0 Å². The van der Waals surface area contributed by atoms with Crippen molar-refractivity contribution in [1.82, 2.24) is 15.4 Å². The van der Waals surface area contributed by atoms with Crippen LogP contribution in [0, 0.1) is 0 Å². The number of piperazine rings is 1. The average Bonchev–Trinajstić information content (AvgIpc) is 3.05. The Kier molecular flexibility index (Phi) is 1.92.